The highest BCUT2D eigenvalue weighted by molar-refractivity contribution is 7.15. The molecule has 2 aliphatic carbocycles. The summed E-state index contributed by atoms with van der Waals surface area (Å²) in [5.74, 6) is -2.43. The third kappa shape index (κ3) is 6.50. The van der Waals surface area contributed by atoms with Crippen molar-refractivity contribution in [1.29, 1.82) is 0 Å². The van der Waals surface area contributed by atoms with Crippen LogP contribution in [0.25, 0.3) is 10.6 Å². The van der Waals surface area contributed by atoms with Gasteiger partial charge in [-0.2, -0.15) is 13.2 Å². The fourth-order valence-corrected chi connectivity index (χ4v) is 6.70. The van der Waals surface area contributed by atoms with Gasteiger partial charge in [-0.15, -0.1) is 11.3 Å². The van der Waals surface area contributed by atoms with Gasteiger partial charge in [0, 0.05) is 42.3 Å². The van der Waals surface area contributed by atoms with Gasteiger partial charge in [-0.1, -0.05) is 6.42 Å². The molecule has 0 spiro atoms. The van der Waals surface area contributed by atoms with Crippen molar-refractivity contribution >= 4 is 29.1 Å². The van der Waals surface area contributed by atoms with Crippen LogP contribution in [0.2, 0.25) is 0 Å². The topological polar surface area (TPSA) is 126 Å². The molecule has 41 heavy (non-hydrogen) atoms. The van der Waals surface area contributed by atoms with Gasteiger partial charge in [0.25, 0.3) is 0 Å². The molecule has 2 aromatic rings. The van der Waals surface area contributed by atoms with E-state index in [1.807, 2.05) is 12.1 Å². The summed E-state index contributed by atoms with van der Waals surface area (Å²) in [4.78, 5) is 43.9. The molecule has 0 radical (unpaired) electrons. The Morgan fingerprint density at radius 3 is 2.24 bits per heavy atom. The van der Waals surface area contributed by atoms with Crippen LogP contribution in [0, 0.1) is 5.41 Å². The summed E-state index contributed by atoms with van der Waals surface area (Å²) in [5.41, 5.74) is 6.68. The number of primary amides is 1. The molecule has 2 saturated carbocycles. The first-order valence-corrected chi connectivity index (χ1v) is 14.7. The Hall–Kier alpha value is -3.19. The van der Waals surface area contributed by atoms with Crippen molar-refractivity contribution < 1.29 is 37.4 Å². The number of nitrogens with two attached hydrogens (primary N) is 1. The van der Waals surface area contributed by atoms with E-state index in [4.69, 9.17) is 25.4 Å². The molecule has 1 aromatic carbocycles. The molecule has 6 rings (SSSR count). The molecule has 2 amide bonds. The Morgan fingerprint density at radius 2 is 1.68 bits per heavy atom. The second-order valence-electron chi connectivity index (χ2n) is 11.1. The van der Waals surface area contributed by atoms with E-state index in [0.717, 1.165) is 39.7 Å². The van der Waals surface area contributed by atoms with Crippen LogP contribution in [0.4, 0.5) is 13.2 Å². The molecule has 222 valence electrons. The second kappa shape index (κ2) is 11.6. The minimum absolute atomic E-state index is 0.111. The summed E-state index contributed by atoms with van der Waals surface area (Å²) in [6.07, 6.45) is 3.43. The van der Waals surface area contributed by atoms with Gasteiger partial charge in [-0.25, -0.2) is 9.78 Å². The number of piperidine rings is 1. The number of carbonyl (C=O) groups excluding carboxylic acids is 2. The van der Waals surface area contributed by atoms with E-state index in [9.17, 15) is 22.8 Å². The number of alkyl halides is 3. The van der Waals surface area contributed by atoms with Gasteiger partial charge in [0.15, 0.2) is 0 Å². The number of aromatic nitrogens is 1. The fraction of sp³-hybridized carbons (Fsp3) is 0.571. The molecule has 13 heteroatoms. The number of carboxylic acids is 1. The number of hydrogen-bond donors (Lipinski definition) is 2. The Bertz CT molecular complexity index is 1280. The van der Waals surface area contributed by atoms with Gasteiger partial charge in [-0.3, -0.25) is 9.59 Å². The summed E-state index contributed by atoms with van der Waals surface area (Å²) < 4.78 is 38.0. The summed E-state index contributed by atoms with van der Waals surface area (Å²) in [7, 11) is 0. The van der Waals surface area contributed by atoms with Crippen molar-refractivity contribution in [3.05, 3.63) is 34.8 Å². The van der Waals surface area contributed by atoms with Gasteiger partial charge < -0.3 is 25.4 Å². The maximum Gasteiger partial charge on any atom is 0.490 e. The minimum Gasteiger partial charge on any atom is -0.490 e. The lowest BCUT2D eigenvalue weighted by molar-refractivity contribution is -0.192. The molecule has 1 saturated heterocycles. The van der Waals surface area contributed by atoms with Crippen LogP contribution in [0.3, 0.4) is 0 Å². The van der Waals surface area contributed by atoms with E-state index in [2.05, 4.69) is 17.0 Å². The van der Waals surface area contributed by atoms with Crippen LogP contribution < -0.4 is 10.5 Å². The lowest BCUT2D eigenvalue weighted by Crippen LogP contribution is -2.50. The number of aliphatic carboxylic acids is 1. The average molecular weight is 595 g/mol. The van der Waals surface area contributed by atoms with Crippen molar-refractivity contribution in [2.75, 3.05) is 19.6 Å². The van der Waals surface area contributed by atoms with Gasteiger partial charge in [0.2, 0.25) is 11.8 Å². The number of carbonyl (C=O) groups is 3. The normalized spacial score (nSPS) is 23.3. The van der Waals surface area contributed by atoms with Crippen molar-refractivity contribution in [2.24, 2.45) is 11.1 Å². The zero-order valence-electron chi connectivity index (χ0n) is 22.5. The van der Waals surface area contributed by atoms with Crippen LogP contribution in [-0.4, -0.2) is 75.6 Å². The van der Waals surface area contributed by atoms with Crippen LogP contribution >= 0.6 is 11.3 Å². The average Bonchev–Trinajstić information content (AvgIpc) is 3.64. The highest BCUT2D eigenvalue weighted by atomic mass is 32.1. The summed E-state index contributed by atoms with van der Waals surface area (Å²) in [5, 5.41) is 8.09. The molecular weight excluding hydrogens is 561 g/mol. The number of likely N-dealkylation sites (tertiary alicyclic amines) is 1. The maximum atomic E-state index is 12.9. The molecular formula is C28H33F3N4O5S. The predicted molar refractivity (Wildman–Crippen MR) is 144 cm³/mol. The molecule has 2 aliphatic heterocycles. The van der Waals surface area contributed by atoms with Gasteiger partial charge in [-0.05, 0) is 63.0 Å². The number of rotatable bonds is 6. The molecule has 9 nitrogen and oxygen atoms in total. The lowest BCUT2D eigenvalue weighted by Gasteiger charge is -2.44. The van der Waals surface area contributed by atoms with E-state index in [-0.39, 0.29) is 5.91 Å². The van der Waals surface area contributed by atoms with Crippen molar-refractivity contribution in [2.45, 2.75) is 76.2 Å². The summed E-state index contributed by atoms with van der Waals surface area (Å²) in [6.45, 7) is 3.61. The Kier molecular flexibility index (Phi) is 8.29. The number of benzene rings is 1. The van der Waals surface area contributed by atoms with Crippen molar-refractivity contribution in [3.8, 4) is 16.3 Å². The smallest absolute Gasteiger partial charge is 0.490 e. The molecule has 3 heterocycles. The maximum absolute atomic E-state index is 12.9. The third-order valence-corrected chi connectivity index (χ3v) is 9.40. The first-order valence-electron chi connectivity index (χ1n) is 13.9. The SMILES string of the molecule is NC(=O)C1(C(=O)N2CCc3nc(-c4ccc(O[C@H]5C[C@H](N6CCCCC6)C5)cc4)sc3C2)CC1.O=C(O)C(F)(F)F. The first-order chi connectivity index (χ1) is 19.5. The third-order valence-electron chi connectivity index (χ3n) is 8.27. The zero-order chi connectivity index (χ0) is 29.4. The molecule has 3 N–H and O–H groups in total. The lowest BCUT2D eigenvalue weighted by atomic mass is 9.86. The highest BCUT2D eigenvalue weighted by Gasteiger charge is 2.57. The Balaban J connectivity index is 0.000000431. The van der Waals surface area contributed by atoms with Gasteiger partial charge >= 0.3 is 12.1 Å². The number of amides is 2. The van der Waals surface area contributed by atoms with Gasteiger partial charge in [0.05, 0.1) is 12.2 Å². The number of fused-ring (bicyclic) bond motifs is 1. The highest BCUT2D eigenvalue weighted by Crippen LogP contribution is 2.48. The van der Waals surface area contributed by atoms with Crippen LogP contribution in [0.15, 0.2) is 24.3 Å². The van der Waals surface area contributed by atoms with Crippen LogP contribution in [0.5, 0.6) is 5.75 Å². The Morgan fingerprint density at radius 1 is 1.05 bits per heavy atom. The monoisotopic (exact) mass is 594 g/mol. The fourth-order valence-electron chi connectivity index (χ4n) is 5.57. The van der Waals surface area contributed by atoms with Gasteiger partial charge in [0.1, 0.15) is 22.3 Å². The standard InChI is InChI=1S/C26H32N4O3S.C2HF3O2/c27-24(31)26(9-10-26)25(32)30-13-8-21-22(16-30)34-23(28-21)17-4-6-19(7-5-17)33-20-14-18(15-20)29-11-2-1-3-12-29;3-2(4,5)1(6)7/h4-7,18,20H,1-3,8-16H2,(H2,27,31);(H,6,7)/t18-,20-;. The molecule has 0 bridgehead atoms. The molecule has 0 unspecified atom stereocenters. The van der Waals surface area contributed by atoms with E-state index < -0.39 is 23.5 Å². The van der Waals surface area contributed by atoms with Crippen LogP contribution in [-0.2, 0) is 27.3 Å². The number of hydrogen-bond acceptors (Lipinski definition) is 7. The van der Waals surface area contributed by atoms with Crippen molar-refractivity contribution in [1.82, 2.24) is 14.8 Å². The Labute approximate surface area is 239 Å². The molecule has 4 aliphatic rings. The number of nitrogens with zero attached hydrogens (tertiary/aromatic N) is 3. The van der Waals surface area contributed by atoms with Crippen LogP contribution in [0.1, 0.15) is 55.5 Å². The zero-order valence-corrected chi connectivity index (χ0v) is 23.3. The van der Waals surface area contributed by atoms with E-state index in [1.165, 1.54) is 32.4 Å². The predicted octanol–water partition coefficient (Wildman–Crippen LogP) is 3.99. The quantitative estimate of drug-likeness (QED) is 0.485. The molecule has 1 aromatic heterocycles. The number of ether oxygens (including phenoxy) is 1. The summed E-state index contributed by atoms with van der Waals surface area (Å²) >= 11 is 1.63. The summed E-state index contributed by atoms with van der Waals surface area (Å²) in [6, 6.07) is 8.95. The largest absolute Gasteiger partial charge is 0.490 e. The number of thiazole rings is 1. The van der Waals surface area contributed by atoms with E-state index >= 15 is 0 Å². The number of halogens is 3. The van der Waals surface area contributed by atoms with E-state index in [1.54, 1.807) is 16.2 Å². The number of carboxylic acid groups (broad SMARTS) is 1. The van der Waals surface area contributed by atoms with E-state index in [0.29, 0.717) is 44.5 Å². The second-order valence-corrected chi connectivity index (χ2v) is 12.2. The van der Waals surface area contributed by atoms with Crippen molar-refractivity contribution in [3.63, 3.8) is 0 Å². The molecule has 3 fully saturated rings. The first kappa shape index (κ1) is 29.3. The molecule has 0 atom stereocenters. The minimum atomic E-state index is -5.08.